The summed E-state index contributed by atoms with van der Waals surface area (Å²) in [6, 6.07) is -0.940. The van der Waals surface area contributed by atoms with E-state index >= 15 is 0 Å². The van der Waals surface area contributed by atoms with Crippen LogP contribution in [0, 0.1) is 0 Å². The minimum atomic E-state index is -1.07. The number of aliphatic carboxylic acids is 1. The maximum absolute atomic E-state index is 10.6. The third-order valence-corrected chi connectivity index (χ3v) is 1.29. The van der Waals surface area contributed by atoms with E-state index in [0.29, 0.717) is 13.0 Å². The molecule has 4 heteroatoms. The van der Waals surface area contributed by atoms with Gasteiger partial charge in [0.25, 0.3) is 0 Å². The van der Waals surface area contributed by atoms with Crippen molar-refractivity contribution in [2.75, 3.05) is 6.54 Å². The molecule has 1 aliphatic heterocycles. The van der Waals surface area contributed by atoms with Gasteiger partial charge in [-0.05, 0) is 0 Å². The van der Waals surface area contributed by atoms with Gasteiger partial charge in [0.05, 0.1) is 0 Å². The molecule has 0 bridgehead atoms. The lowest BCUT2D eigenvalue weighted by molar-refractivity contribution is -0.141. The maximum atomic E-state index is 10.6. The molecule has 0 aromatic heterocycles. The van der Waals surface area contributed by atoms with Gasteiger partial charge in [0.2, 0.25) is 0 Å². The zero-order valence-electron chi connectivity index (χ0n) is 4.76. The largest absolute Gasteiger partial charge is 0.480 e. The Bertz CT molecular complexity index is 154. The van der Waals surface area contributed by atoms with Crippen molar-refractivity contribution in [1.29, 1.82) is 0 Å². The van der Waals surface area contributed by atoms with Crippen LogP contribution in [-0.2, 0) is 9.59 Å². The number of Topliss-reactive ketones (excluding diaryl/α,β-unsaturated/α-hetero) is 1. The van der Waals surface area contributed by atoms with Crippen molar-refractivity contribution in [1.82, 2.24) is 5.32 Å². The Hall–Kier alpha value is -0.900. The van der Waals surface area contributed by atoms with Gasteiger partial charge < -0.3 is 5.11 Å². The molecule has 0 spiro atoms. The molecule has 0 amide bonds. The molecule has 1 unspecified atom stereocenters. The number of carboxylic acid groups (broad SMARTS) is 1. The van der Waals surface area contributed by atoms with Crippen LogP contribution in [0.3, 0.4) is 0 Å². The van der Waals surface area contributed by atoms with Crippen molar-refractivity contribution in [2.24, 2.45) is 0 Å². The van der Waals surface area contributed by atoms with E-state index < -0.39 is 12.0 Å². The van der Waals surface area contributed by atoms with Crippen molar-refractivity contribution in [3.05, 3.63) is 0 Å². The van der Waals surface area contributed by atoms with Gasteiger partial charge >= 0.3 is 5.97 Å². The molecule has 1 rings (SSSR count). The SMILES string of the molecule is O=C(O)C1NCCC1=O. The molecule has 0 aliphatic carbocycles. The Morgan fingerprint density at radius 1 is 1.78 bits per heavy atom. The normalized spacial score (nSPS) is 26.7. The van der Waals surface area contributed by atoms with Gasteiger partial charge in [-0.15, -0.1) is 0 Å². The molecule has 50 valence electrons. The summed E-state index contributed by atoms with van der Waals surface area (Å²) in [5.74, 6) is -1.29. The second-order valence-electron chi connectivity index (χ2n) is 1.94. The van der Waals surface area contributed by atoms with Crippen LogP contribution in [0.25, 0.3) is 0 Å². The van der Waals surface area contributed by atoms with Crippen LogP contribution in [0.4, 0.5) is 0 Å². The van der Waals surface area contributed by atoms with E-state index in [4.69, 9.17) is 5.11 Å². The van der Waals surface area contributed by atoms with Crippen molar-refractivity contribution < 1.29 is 14.7 Å². The highest BCUT2D eigenvalue weighted by Gasteiger charge is 2.29. The third kappa shape index (κ3) is 1.08. The van der Waals surface area contributed by atoms with Crippen LogP contribution in [0.1, 0.15) is 6.42 Å². The zero-order valence-corrected chi connectivity index (χ0v) is 4.76. The summed E-state index contributed by atoms with van der Waals surface area (Å²) in [7, 11) is 0. The maximum Gasteiger partial charge on any atom is 0.328 e. The van der Waals surface area contributed by atoms with E-state index in [2.05, 4.69) is 5.32 Å². The fourth-order valence-electron chi connectivity index (χ4n) is 0.823. The summed E-state index contributed by atoms with van der Waals surface area (Å²) in [5, 5.41) is 10.9. The lowest BCUT2D eigenvalue weighted by Crippen LogP contribution is -2.35. The molecule has 0 radical (unpaired) electrons. The molecule has 1 fully saturated rings. The number of carboxylic acids is 1. The Balaban J connectivity index is 2.60. The number of nitrogens with one attached hydrogen (secondary N) is 1. The molecular weight excluding hydrogens is 122 g/mol. The van der Waals surface area contributed by atoms with Gasteiger partial charge in [-0.1, -0.05) is 0 Å². The standard InChI is InChI=1S/C5H7NO3/c7-3-1-2-6-4(3)5(8)9/h4,6H,1-2H2,(H,8,9). The molecule has 1 heterocycles. The Morgan fingerprint density at radius 2 is 2.44 bits per heavy atom. The van der Waals surface area contributed by atoms with E-state index in [1.54, 1.807) is 0 Å². The highest BCUT2D eigenvalue weighted by atomic mass is 16.4. The Labute approximate surface area is 51.9 Å². The van der Waals surface area contributed by atoms with Crippen molar-refractivity contribution in [3.8, 4) is 0 Å². The predicted octanol–water partition coefficient (Wildman–Crippen LogP) is -0.998. The average Bonchev–Trinajstić information content (AvgIpc) is 2.13. The number of carbonyl (C=O) groups is 2. The van der Waals surface area contributed by atoms with Crippen molar-refractivity contribution >= 4 is 11.8 Å². The van der Waals surface area contributed by atoms with Crippen LogP contribution >= 0.6 is 0 Å². The smallest absolute Gasteiger partial charge is 0.328 e. The molecule has 0 aromatic rings. The summed E-state index contributed by atoms with van der Waals surface area (Å²) in [5.41, 5.74) is 0. The van der Waals surface area contributed by atoms with Gasteiger partial charge in [-0.25, -0.2) is 0 Å². The minimum absolute atomic E-state index is 0.220. The molecule has 1 saturated heterocycles. The molecule has 0 aromatic carbocycles. The average molecular weight is 129 g/mol. The molecule has 4 nitrogen and oxygen atoms in total. The Morgan fingerprint density at radius 3 is 2.67 bits per heavy atom. The van der Waals surface area contributed by atoms with E-state index in [-0.39, 0.29) is 5.78 Å². The monoisotopic (exact) mass is 129 g/mol. The fourth-order valence-corrected chi connectivity index (χ4v) is 0.823. The second kappa shape index (κ2) is 2.14. The van der Waals surface area contributed by atoms with E-state index in [1.807, 2.05) is 0 Å². The molecule has 9 heavy (non-hydrogen) atoms. The molecule has 1 aliphatic rings. The van der Waals surface area contributed by atoms with Gasteiger partial charge in [0.15, 0.2) is 11.8 Å². The van der Waals surface area contributed by atoms with Crippen molar-refractivity contribution in [2.45, 2.75) is 12.5 Å². The first-order valence-corrected chi connectivity index (χ1v) is 2.70. The zero-order chi connectivity index (χ0) is 6.85. The molecule has 0 saturated carbocycles. The lowest BCUT2D eigenvalue weighted by atomic mass is 10.2. The Kier molecular flexibility index (Phi) is 1.48. The van der Waals surface area contributed by atoms with Crippen LogP contribution in [0.5, 0.6) is 0 Å². The van der Waals surface area contributed by atoms with Crippen LogP contribution < -0.4 is 5.32 Å². The number of rotatable bonds is 1. The predicted molar refractivity (Wildman–Crippen MR) is 29.1 cm³/mol. The van der Waals surface area contributed by atoms with E-state index in [1.165, 1.54) is 0 Å². The third-order valence-electron chi connectivity index (χ3n) is 1.29. The van der Waals surface area contributed by atoms with Gasteiger partial charge in [-0.3, -0.25) is 14.9 Å². The molecular formula is C5H7NO3. The van der Waals surface area contributed by atoms with E-state index in [0.717, 1.165) is 0 Å². The number of ketones is 1. The first kappa shape index (κ1) is 6.22. The molecule has 1 atom stereocenters. The fraction of sp³-hybridized carbons (Fsp3) is 0.600. The summed E-state index contributed by atoms with van der Waals surface area (Å²) >= 11 is 0. The topological polar surface area (TPSA) is 66.4 Å². The second-order valence-corrected chi connectivity index (χ2v) is 1.94. The summed E-state index contributed by atoms with van der Waals surface area (Å²) < 4.78 is 0. The summed E-state index contributed by atoms with van der Waals surface area (Å²) in [6.45, 7) is 0.496. The van der Waals surface area contributed by atoms with Gasteiger partial charge in [0.1, 0.15) is 0 Å². The summed E-state index contributed by atoms with van der Waals surface area (Å²) in [4.78, 5) is 20.7. The van der Waals surface area contributed by atoms with Crippen LogP contribution in [0.2, 0.25) is 0 Å². The summed E-state index contributed by atoms with van der Waals surface area (Å²) in [6.07, 6.45) is 0.344. The van der Waals surface area contributed by atoms with Crippen LogP contribution in [0.15, 0.2) is 0 Å². The quantitative estimate of drug-likeness (QED) is 0.446. The number of hydrogen-bond acceptors (Lipinski definition) is 3. The van der Waals surface area contributed by atoms with E-state index in [9.17, 15) is 9.59 Å². The first-order valence-electron chi connectivity index (χ1n) is 2.70. The lowest BCUT2D eigenvalue weighted by Gasteiger charge is -1.98. The molecule has 2 N–H and O–H groups in total. The number of hydrogen-bond donors (Lipinski definition) is 2. The van der Waals surface area contributed by atoms with Gasteiger partial charge in [0, 0.05) is 13.0 Å². The van der Waals surface area contributed by atoms with Crippen molar-refractivity contribution in [3.63, 3.8) is 0 Å². The van der Waals surface area contributed by atoms with Crippen LogP contribution in [-0.4, -0.2) is 29.4 Å². The highest BCUT2D eigenvalue weighted by Crippen LogP contribution is 1.99. The minimum Gasteiger partial charge on any atom is -0.480 e. The van der Waals surface area contributed by atoms with Gasteiger partial charge in [-0.2, -0.15) is 0 Å². The first-order chi connectivity index (χ1) is 4.22. The number of carbonyl (C=O) groups excluding carboxylic acids is 1. The highest BCUT2D eigenvalue weighted by molar-refractivity contribution is 6.03.